The summed E-state index contributed by atoms with van der Waals surface area (Å²) in [6, 6.07) is 6.85. The van der Waals surface area contributed by atoms with Crippen LogP contribution in [0.2, 0.25) is 0 Å². The summed E-state index contributed by atoms with van der Waals surface area (Å²) in [4.78, 5) is 36.0. The number of aliphatic carboxylic acids is 1. The highest BCUT2D eigenvalue weighted by Gasteiger charge is 2.42. The lowest BCUT2D eigenvalue weighted by Gasteiger charge is -2.37. The lowest BCUT2D eigenvalue weighted by molar-refractivity contribution is -0.150. The van der Waals surface area contributed by atoms with E-state index in [9.17, 15) is 19.5 Å². The maximum absolute atomic E-state index is 12.3. The van der Waals surface area contributed by atoms with Crippen LogP contribution in [-0.2, 0) is 14.4 Å². The van der Waals surface area contributed by atoms with Gasteiger partial charge < -0.3 is 20.5 Å². The van der Waals surface area contributed by atoms with Crippen LogP contribution in [0.4, 0.5) is 5.69 Å². The first-order valence-electron chi connectivity index (χ1n) is 10.00. The lowest BCUT2D eigenvalue weighted by Crippen LogP contribution is -2.57. The Labute approximate surface area is 164 Å². The Balaban J connectivity index is 1.53. The van der Waals surface area contributed by atoms with E-state index in [1.54, 1.807) is 24.3 Å². The Hall–Kier alpha value is -2.57. The second-order valence-electron chi connectivity index (χ2n) is 7.87. The van der Waals surface area contributed by atoms with Crippen LogP contribution in [0, 0.1) is 11.8 Å². The average molecular weight is 388 g/mol. The lowest BCUT2D eigenvalue weighted by atomic mass is 9.75. The van der Waals surface area contributed by atoms with Gasteiger partial charge in [0.15, 0.2) is 6.61 Å². The molecule has 0 aliphatic heterocycles. The van der Waals surface area contributed by atoms with Gasteiger partial charge in [0.25, 0.3) is 5.91 Å². The molecule has 0 unspecified atom stereocenters. The largest absolute Gasteiger partial charge is 0.484 e. The topological polar surface area (TPSA) is 105 Å². The summed E-state index contributed by atoms with van der Waals surface area (Å²) in [6.07, 6.45) is 5.35. The van der Waals surface area contributed by atoms with Crippen LogP contribution in [0.15, 0.2) is 24.3 Å². The summed E-state index contributed by atoms with van der Waals surface area (Å²) in [6.45, 7) is 1.83. The van der Waals surface area contributed by atoms with Crippen molar-refractivity contribution >= 4 is 23.5 Å². The number of hydrogen-bond donors (Lipinski definition) is 3. The van der Waals surface area contributed by atoms with Gasteiger partial charge in [-0.2, -0.15) is 0 Å². The van der Waals surface area contributed by atoms with Gasteiger partial charge in [0.05, 0.1) is 0 Å². The van der Waals surface area contributed by atoms with Crippen LogP contribution in [-0.4, -0.2) is 35.0 Å². The van der Waals surface area contributed by atoms with E-state index < -0.39 is 17.4 Å². The van der Waals surface area contributed by atoms with Gasteiger partial charge in [-0.05, 0) is 56.6 Å². The minimum Gasteiger partial charge on any atom is -0.484 e. The molecule has 0 atom stereocenters. The molecule has 3 rings (SSSR count). The second kappa shape index (κ2) is 8.63. The van der Waals surface area contributed by atoms with Gasteiger partial charge in [-0.25, -0.2) is 4.79 Å². The summed E-state index contributed by atoms with van der Waals surface area (Å²) in [7, 11) is 0. The highest BCUT2D eigenvalue weighted by molar-refractivity contribution is 5.94. The van der Waals surface area contributed by atoms with Gasteiger partial charge in [0.2, 0.25) is 5.91 Å². The second-order valence-corrected chi connectivity index (χ2v) is 7.87. The Morgan fingerprint density at radius 2 is 1.89 bits per heavy atom. The van der Waals surface area contributed by atoms with Gasteiger partial charge in [-0.1, -0.05) is 19.4 Å². The number of carboxylic acid groups (broad SMARTS) is 1. The van der Waals surface area contributed by atoms with Gasteiger partial charge in [0.1, 0.15) is 11.3 Å². The van der Waals surface area contributed by atoms with Crippen LogP contribution < -0.4 is 15.4 Å². The minimum atomic E-state index is -1.20. The summed E-state index contributed by atoms with van der Waals surface area (Å²) in [5.74, 6) is -0.367. The highest BCUT2D eigenvalue weighted by atomic mass is 16.5. The first kappa shape index (κ1) is 20.2. The van der Waals surface area contributed by atoms with Crippen molar-refractivity contribution in [1.29, 1.82) is 0 Å². The third-order valence-electron chi connectivity index (χ3n) is 5.74. The van der Waals surface area contributed by atoms with Crippen LogP contribution >= 0.6 is 0 Å². The molecule has 2 amide bonds. The first-order valence-corrected chi connectivity index (χ1v) is 10.00. The molecule has 152 valence electrons. The van der Waals surface area contributed by atoms with Crippen molar-refractivity contribution in [1.82, 2.24) is 5.32 Å². The Kier molecular flexibility index (Phi) is 6.21. The normalized spacial score (nSPS) is 24.2. The zero-order chi connectivity index (χ0) is 20.1. The van der Waals surface area contributed by atoms with Crippen LogP contribution in [0.1, 0.15) is 51.9 Å². The molecule has 7 nitrogen and oxygen atoms in total. The minimum absolute atomic E-state index is 0.000903. The van der Waals surface area contributed by atoms with E-state index in [1.165, 1.54) is 0 Å². The molecule has 0 bridgehead atoms. The molecule has 1 aromatic rings. The number of nitrogens with one attached hydrogen (secondary N) is 2. The molecule has 0 aromatic heterocycles. The Morgan fingerprint density at radius 1 is 1.18 bits per heavy atom. The highest BCUT2D eigenvalue weighted by Crippen LogP contribution is 2.34. The van der Waals surface area contributed by atoms with Crippen LogP contribution in [0.5, 0.6) is 5.75 Å². The number of carboxylic acids is 1. The standard InChI is InChI=1S/C21H28N2O5/c1-2-14-8-10-21(11-9-14,20(26)27)23-18(24)13-28-17-5-3-4-16(12-17)22-19(25)15-6-7-15/h3-5,12,14-15H,2,6-11,13H2,1H3,(H,22,25)(H,23,24)(H,26,27). The van der Waals surface area contributed by atoms with Crippen LogP contribution in [0.25, 0.3) is 0 Å². The van der Waals surface area contributed by atoms with E-state index in [0.29, 0.717) is 30.2 Å². The van der Waals surface area contributed by atoms with Crippen molar-refractivity contribution in [3.8, 4) is 5.75 Å². The summed E-state index contributed by atoms with van der Waals surface area (Å²) in [5, 5.41) is 15.2. The smallest absolute Gasteiger partial charge is 0.329 e. The number of hydrogen-bond acceptors (Lipinski definition) is 4. The molecule has 28 heavy (non-hydrogen) atoms. The van der Waals surface area contributed by atoms with E-state index in [1.807, 2.05) is 0 Å². The molecule has 0 spiro atoms. The van der Waals surface area contributed by atoms with E-state index in [-0.39, 0.29) is 18.4 Å². The van der Waals surface area contributed by atoms with Gasteiger partial charge in [-0.3, -0.25) is 9.59 Å². The average Bonchev–Trinajstić information content (AvgIpc) is 3.52. The molecule has 2 aliphatic rings. The van der Waals surface area contributed by atoms with Crippen molar-refractivity contribution in [2.75, 3.05) is 11.9 Å². The molecule has 0 saturated heterocycles. The Morgan fingerprint density at radius 3 is 2.50 bits per heavy atom. The zero-order valence-electron chi connectivity index (χ0n) is 16.2. The maximum atomic E-state index is 12.3. The number of rotatable bonds is 8. The van der Waals surface area contributed by atoms with E-state index in [4.69, 9.17) is 4.74 Å². The van der Waals surface area contributed by atoms with E-state index >= 15 is 0 Å². The zero-order valence-corrected chi connectivity index (χ0v) is 16.2. The van der Waals surface area contributed by atoms with E-state index in [0.717, 1.165) is 32.1 Å². The van der Waals surface area contributed by atoms with E-state index in [2.05, 4.69) is 17.6 Å². The predicted octanol–water partition coefficient (Wildman–Crippen LogP) is 2.95. The van der Waals surface area contributed by atoms with Gasteiger partial charge >= 0.3 is 5.97 Å². The van der Waals surface area contributed by atoms with Crippen molar-refractivity contribution in [2.24, 2.45) is 11.8 Å². The number of carbonyl (C=O) groups excluding carboxylic acids is 2. The molecule has 0 heterocycles. The molecule has 7 heteroatoms. The van der Waals surface area contributed by atoms with Crippen molar-refractivity contribution in [2.45, 2.75) is 57.4 Å². The van der Waals surface area contributed by atoms with Gasteiger partial charge in [-0.15, -0.1) is 0 Å². The molecular formula is C21H28N2O5. The SMILES string of the molecule is CCC1CCC(NC(=O)COc2cccc(NC(=O)C3CC3)c2)(C(=O)O)CC1. The molecule has 2 fully saturated rings. The van der Waals surface area contributed by atoms with Gasteiger partial charge in [0, 0.05) is 17.7 Å². The molecule has 2 saturated carbocycles. The molecule has 1 aromatic carbocycles. The van der Waals surface area contributed by atoms with Crippen molar-refractivity contribution in [3.63, 3.8) is 0 Å². The predicted molar refractivity (Wildman–Crippen MR) is 104 cm³/mol. The maximum Gasteiger partial charge on any atom is 0.329 e. The number of carbonyl (C=O) groups is 3. The van der Waals surface area contributed by atoms with Crippen molar-refractivity contribution in [3.05, 3.63) is 24.3 Å². The monoisotopic (exact) mass is 388 g/mol. The molecule has 3 N–H and O–H groups in total. The fourth-order valence-corrected chi connectivity index (χ4v) is 3.68. The molecular weight excluding hydrogens is 360 g/mol. The number of ether oxygens (including phenoxy) is 1. The third kappa shape index (κ3) is 5.03. The van der Waals surface area contributed by atoms with Crippen LogP contribution in [0.3, 0.4) is 0 Å². The fraction of sp³-hybridized carbons (Fsp3) is 0.571. The number of benzene rings is 1. The fourth-order valence-electron chi connectivity index (χ4n) is 3.68. The first-order chi connectivity index (χ1) is 13.4. The number of amides is 2. The quantitative estimate of drug-likeness (QED) is 0.635. The Bertz CT molecular complexity index is 736. The summed E-state index contributed by atoms with van der Waals surface area (Å²) in [5.41, 5.74) is -0.582. The summed E-state index contributed by atoms with van der Waals surface area (Å²) >= 11 is 0. The van der Waals surface area contributed by atoms with Crippen molar-refractivity contribution < 1.29 is 24.2 Å². The molecule has 0 radical (unpaired) electrons. The molecule has 2 aliphatic carbocycles. The third-order valence-corrected chi connectivity index (χ3v) is 5.74. The number of anilines is 1. The summed E-state index contributed by atoms with van der Waals surface area (Å²) < 4.78 is 5.52.